The molecule has 4 nitrogen and oxygen atoms in total. The Labute approximate surface area is 100 Å². The van der Waals surface area contributed by atoms with Crippen LogP contribution in [0.4, 0.5) is 10.5 Å². The average Bonchev–Trinajstić information content (AvgIpc) is 2.38. The monoisotopic (exact) mass is 233 g/mol. The Morgan fingerprint density at radius 1 is 1.35 bits per heavy atom. The van der Waals surface area contributed by atoms with E-state index in [1.54, 1.807) is 12.0 Å². The molecule has 1 heterocycles. The first-order chi connectivity index (χ1) is 8.17. The maximum Gasteiger partial charge on any atom is 0.414 e. The van der Waals surface area contributed by atoms with Crippen molar-refractivity contribution < 1.29 is 14.3 Å². The van der Waals surface area contributed by atoms with Crippen LogP contribution in [0.15, 0.2) is 24.3 Å². The van der Waals surface area contributed by atoms with E-state index in [0.29, 0.717) is 6.54 Å². The highest BCUT2D eigenvalue weighted by molar-refractivity contribution is 5.94. The van der Waals surface area contributed by atoms with Crippen LogP contribution in [0.3, 0.4) is 0 Å². The van der Waals surface area contributed by atoms with E-state index in [9.17, 15) is 4.79 Å². The third-order valence-corrected chi connectivity index (χ3v) is 2.89. The van der Waals surface area contributed by atoms with E-state index in [4.69, 9.17) is 9.47 Å². The number of carbonyl (C=O) groups excluding carboxylic acids is 1. The van der Waals surface area contributed by atoms with Crippen molar-refractivity contribution in [2.24, 2.45) is 0 Å². The fraction of sp³-hybridized carbons (Fsp3) is 0.308. The summed E-state index contributed by atoms with van der Waals surface area (Å²) >= 11 is 0. The number of methoxy groups -OCH3 is 2. The van der Waals surface area contributed by atoms with Crippen LogP contribution in [-0.2, 0) is 4.74 Å². The molecule has 1 aromatic rings. The zero-order valence-electron chi connectivity index (χ0n) is 10.2. The van der Waals surface area contributed by atoms with Crippen molar-refractivity contribution in [1.29, 1.82) is 0 Å². The number of fused-ring (bicyclic) bond motifs is 1. The molecule has 0 N–H and O–H groups in total. The summed E-state index contributed by atoms with van der Waals surface area (Å²) in [6.07, 6.45) is 1.65. The SMILES string of the molecule is COC(=O)N1CC=C(C)c2cc(OC)ccc21. The fourth-order valence-electron chi connectivity index (χ4n) is 1.91. The van der Waals surface area contributed by atoms with Crippen LogP contribution in [-0.4, -0.2) is 26.9 Å². The van der Waals surface area contributed by atoms with Gasteiger partial charge in [0.1, 0.15) is 5.75 Å². The molecule has 0 spiro atoms. The number of amides is 1. The molecule has 0 unspecified atom stereocenters. The highest BCUT2D eigenvalue weighted by Gasteiger charge is 2.22. The summed E-state index contributed by atoms with van der Waals surface area (Å²) in [5, 5.41) is 0. The van der Waals surface area contributed by atoms with Crippen molar-refractivity contribution in [3.63, 3.8) is 0 Å². The lowest BCUT2D eigenvalue weighted by molar-refractivity contribution is 0.179. The van der Waals surface area contributed by atoms with Crippen molar-refractivity contribution in [2.75, 3.05) is 25.7 Å². The van der Waals surface area contributed by atoms with E-state index >= 15 is 0 Å². The Hall–Kier alpha value is -1.97. The van der Waals surface area contributed by atoms with E-state index in [1.807, 2.05) is 31.2 Å². The first kappa shape index (κ1) is 11.5. The molecule has 1 aliphatic heterocycles. The zero-order chi connectivity index (χ0) is 12.4. The number of allylic oxidation sites excluding steroid dienone is 1. The van der Waals surface area contributed by atoms with Crippen molar-refractivity contribution in [3.05, 3.63) is 29.8 Å². The summed E-state index contributed by atoms with van der Waals surface area (Å²) < 4.78 is 9.95. The summed E-state index contributed by atoms with van der Waals surface area (Å²) in [6, 6.07) is 5.64. The molecule has 0 saturated carbocycles. The van der Waals surface area contributed by atoms with Gasteiger partial charge in [-0.3, -0.25) is 4.90 Å². The van der Waals surface area contributed by atoms with E-state index in [-0.39, 0.29) is 6.09 Å². The number of nitrogens with zero attached hydrogens (tertiary/aromatic N) is 1. The Bertz CT molecular complexity index is 480. The number of anilines is 1. The lowest BCUT2D eigenvalue weighted by Gasteiger charge is -2.27. The molecule has 2 rings (SSSR count). The third kappa shape index (κ3) is 1.98. The Morgan fingerprint density at radius 3 is 2.76 bits per heavy atom. The Balaban J connectivity index is 2.48. The minimum Gasteiger partial charge on any atom is -0.497 e. The highest BCUT2D eigenvalue weighted by Crippen LogP contribution is 2.34. The minimum absolute atomic E-state index is 0.347. The molecule has 0 aromatic heterocycles. The smallest absolute Gasteiger partial charge is 0.414 e. The first-order valence-electron chi connectivity index (χ1n) is 5.38. The van der Waals surface area contributed by atoms with Gasteiger partial charge in [-0.25, -0.2) is 4.79 Å². The summed E-state index contributed by atoms with van der Waals surface area (Å²) in [4.78, 5) is 13.2. The normalized spacial score (nSPS) is 13.8. The van der Waals surface area contributed by atoms with Gasteiger partial charge < -0.3 is 9.47 Å². The molecule has 0 fully saturated rings. The minimum atomic E-state index is -0.347. The zero-order valence-corrected chi connectivity index (χ0v) is 10.2. The number of benzene rings is 1. The predicted molar refractivity (Wildman–Crippen MR) is 66.4 cm³/mol. The van der Waals surface area contributed by atoms with Crippen LogP contribution in [0.2, 0.25) is 0 Å². The molecule has 1 aromatic carbocycles. The Morgan fingerprint density at radius 2 is 2.12 bits per heavy atom. The van der Waals surface area contributed by atoms with E-state index in [2.05, 4.69) is 0 Å². The number of hydrogen-bond donors (Lipinski definition) is 0. The van der Waals surface area contributed by atoms with E-state index < -0.39 is 0 Å². The van der Waals surface area contributed by atoms with Crippen LogP contribution >= 0.6 is 0 Å². The second-order valence-electron chi connectivity index (χ2n) is 3.85. The number of carbonyl (C=O) groups is 1. The van der Waals surface area contributed by atoms with E-state index in [0.717, 1.165) is 22.6 Å². The van der Waals surface area contributed by atoms with Crippen molar-refractivity contribution >= 4 is 17.4 Å². The van der Waals surface area contributed by atoms with Gasteiger partial charge in [-0.15, -0.1) is 0 Å². The number of rotatable bonds is 1. The van der Waals surface area contributed by atoms with Gasteiger partial charge in [-0.2, -0.15) is 0 Å². The van der Waals surface area contributed by atoms with Crippen LogP contribution in [0.25, 0.3) is 5.57 Å². The third-order valence-electron chi connectivity index (χ3n) is 2.89. The molecule has 0 bridgehead atoms. The molecule has 0 saturated heterocycles. The Kier molecular flexibility index (Phi) is 3.04. The lowest BCUT2D eigenvalue weighted by atomic mass is 10.0. The molecule has 4 heteroatoms. The number of ether oxygens (including phenoxy) is 2. The van der Waals surface area contributed by atoms with Crippen LogP contribution in [0.5, 0.6) is 5.75 Å². The fourth-order valence-corrected chi connectivity index (χ4v) is 1.91. The number of hydrogen-bond acceptors (Lipinski definition) is 3. The predicted octanol–water partition coefficient (Wildman–Crippen LogP) is 2.68. The molecule has 0 radical (unpaired) electrons. The van der Waals surface area contributed by atoms with E-state index in [1.165, 1.54) is 7.11 Å². The van der Waals surface area contributed by atoms with Crippen LogP contribution in [0, 0.1) is 0 Å². The van der Waals surface area contributed by atoms with Gasteiger partial charge >= 0.3 is 6.09 Å². The molecule has 0 aliphatic carbocycles. The maximum atomic E-state index is 11.6. The van der Waals surface area contributed by atoms with Crippen molar-refractivity contribution in [2.45, 2.75) is 6.92 Å². The molecule has 1 amide bonds. The molecular formula is C13H15NO3. The quantitative estimate of drug-likeness (QED) is 0.748. The highest BCUT2D eigenvalue weighted by atomic mass is 16.5. The van der Waals surface area contributed by atoms with Crippen LogP contribution in [0.1, 0.15) is 12.5 Å². The summed E-state index contributed by atoms with van der Waals surface area (Å²) in [5.41, 5.74) is 3.00. The molecule has 1 aliphatic rings. The van der Waals surface area contributed by atoms with Gasteiger partial charge in [0.05, 0.1) is 19.9 Å². The maximum absolute atomic E-state index is 11.6. The topological polar surface area (TPSA) is 38.8 Å². The molecule has 0 atom stereocenters. The van der Waals surface area contributed by atoms with Gasteiger partial charge in [-0.1, -0.05) is 6.08 Å². The second kappa shape index (κ2) is 4.49. The molecular weight excluding hydrogens is 218 g/mol. The standard InChI is InChI=1S/C13H15NO3/c1-9-6-7-14(13(15)17-3)12-5-4-10(16-2)8-11(9)12/h4-6,8H,7H2,1-3H3. The molecule has 90 valence electrons. The van der Waals surface area contributed by atoms with Crippen molar-refractivity contribution in [3.8, 4) is 5.75 Å². The van der Waals surface area contributed by atoms with Gasteiger partial charge in [0.25, 0.3) is 0 Å². The molecule has 17 heavy (non-hydrogen) atoms. The lowest BCUT2D eigenvalue weighted by Crippen LogP contribution is -2.33. The second-order valence-corrected chi connectivity index (χ2v) is 3.85. The summed E-state index contributed by atoms with van der Waals surface area (Å²) in [6.45, 7) is 2.56. The average molecular weight is 233 g/mol. The largest absolute Gasteiger partial charge is 0.497 e. The van der Waals surface area contributed by atoms with Gasteiger partial charge in [-0.05, 0) is 30.7 Å². The van der Waals surface area contributed by atoms with Gasteiger partial charge in [0, 0.05) is 12.1 Å². The summed E-state index contributed by atoms with van der Waals surface area (Å²) in [7, 11) is 3.01. The first-order valence-corrected chi connectivity index (χ1v) is 5.38. The van der Waals surface area contributed by atoms with Crippen molar-refractivity contribution in [1.82, 2.24) is 0 Å². The van der Waals surface area contributed by atoms with Gasteiger partial charge in [0.15, 0.2) is 0 Å². The van der Waals surface area contributed by atoms with Crippen LogP contribution < -0.4 is 9.64 Å². The summed E-state index contributed by atoms with van der Waals surface area (Å²) in [5.74, 6) is 0.781. The van der Waals surface area contributed by atoms with Gasteiger partial charge in [0.2, 0.25) is 0 Å².